The van der Waals surface area contributed by atoms with Crippen molar-refractivity contribution in [2.75, 3.05) is 0 Å². The number of fused-ring (bicyclic) bond motifs is 5. The first-order valence-electron chi connectivity index (χ1n) is 10.1. The standard InChI is InChI=1S/C22H29FO4/c1-12-18(26)17(25)11-14-5-6-16-15-7-8-22(27,13(2)24)19(15,3)9-10-21(16,23)20(12,14)4/h11-12,15-16,27H,5-10H2,1-4H3/t12?,15-,16-,19-,20-,21+,22-/m0/s1. The van der Waals surface area contributed by atoms with Gasteiger partial charge in [0.1, 0.15) is 11.3 Å². The fourth-order valence-corrected chi connectivity index (χ4v) is 7.31. The molecule has 0 bridgehead atoms. The van der Waals surface area contributed by atoms with Crippen LogP contribution < -0.4 is 0 Å². The van der Waals surface area contributed by atoms with Crippen molar-refractivity contribution in [3.63, 3.8) is 0 Å². The number of carbonyl (C=O) groups excluding carboxylic acids is 3. The topological polar surface area (TPSA) is 71.4 Å². The van der Waals surface area contributed by atoms with Crippen molar-refractivity contribution in [3.05, 3.63) is 11.6 Å². The Hall–Kier alpha value is -1.36. The van der Waals surface area contributed by atoms with Gasteiger partial charge < -0.3 is 5.11 Å². The first kappa shape index (κ1) is 19.0. The van der Waals surface area contributed by atoms with Crippen LogP contribution in [0, 0.1) is 28.6 Å². The summed E-state index contributed by atoms with van der Waals surface area (Å²) >= 11 is 0. The Labute approximate surface area is 159 Å². The zero-order valence-corrected chi connectivity index (χ0v) is 16.6. The van der Waals surface area contributed by atoms with E-state index in [1.165, 1.54) is 13.0 Å². The van der Waals surface area contributed by atoms with Gasteiger partial charge in [0, 0.05) is 16.7 Å². The van der Waals surface area contributed by atoms with Gasteiger partial charge >= 0.3 is 0 Å². The normalized spacial score (nSPS) is 51.9. The number of rotatable bonds is 1. The molecule has 0 aromatic carbocycles. The summed E-state index contributed by atoms with van der Waals surface area (Å²) in [6.07, 6.45) is 4.20. The van der Waals surface area contributed by atoms with Crippen LogP contribution in [0.4, 0.5) is 4.39 Å². The highest BCUT2D eigenvalue weighted by Gasteiger charge is 2.72. The molecular formula is C22H29FO4. The number of hydrogen-bond donors (Lipinski definition) is 1. The van der Waals surface area contributed by atoms with E-state index in [9.17, 15) is 19.5 Å². The molecule has 1 N–H and O–H groups in total. The first-order chi connectivity index (χ1) is 12.4. The Morgan fingerprint density at radius 3 is 2.44 bits per heavy atom. The number of ketones is 3. The molecule has 1 unspecified atom stereocenters. The maximum Gasteiger partial charge on any atom is 0.221 e. The fourth-order valence-electron chi connectivity index (χ4n) is 7.31. The molecule has 4 aliphatic carbocycles. The molecular weight excluding hydrogens is 347 g/mol. The number of Topliss-reactive ketones (excluding diaryl/α,β-unsaturated/α-hetero) is 2. The largest absolute Gasteiger partial charge is 0.382 e. The zero-order chi connectivity index (χ0) is 20.0. The number of allylic oxidation sites excluding steroid dienone is 1. The molecule has 148 valence electrons. The molecule has 4 aliphatic rings. The molecule has 0 aliphatic heterocycles. The molecule has 0 radical (unpaired) electrons. The molecule has 7 atom stereocenters. The SMILES string of the molecule is CC(=O)[C@@]1(O)CC[C@H]2[C@@H]3CCC4=CC(=O)C(=O)C(C)[C@]4(C)[C@@]3(F)CC[C@@]21C. The van der Waals surface area contributed by atoms with E-state index >= 15 is 4.39 Å². The van der Waals surface area contributed by atoms with Crippen LogP contribution in [0.25, 0.3) is 0 Å². The summed E-state index contributed by atoms with van der Waals surface area (Å²) in [4.78, 5) is 36.7. The van der Waals surface area contributed by atoms with Gasteiger partial charge in [0.2, 0.25) is 11.6 Å². The van der Waals surface area contributed by atoms with Crippen LogP contribution in [-0.4, -0.2) is 33.7 Å². The van der Waals surface area contributed by atoms with Gasteiger partial charge in [-0.3, -0.25) is 14.4 Å². The lowest BCUT2D eigenvalue weighted by Crippen LogP contribution is -2.66. The quantitative estimate of drug-likeness (QED) is 0.713. The van der Waals surface area contributed by atoms with Gasteiger partial charge in [-0.2, -0.15) is 0 Å². The molecule has 3 saturated carbocycles. The second-order valence-electron chi connectivity index (χ2n) is 9.81. The molecule has 4 nitrogen and oxygen atoms in total. The highest BCUT2D eigenvalue weighted by Crippen LogP contribution is 2.70. The monoisotopic (exact) mass is 376 g/mol. The van der Waals surface area contributed by atoms with Gasteiger partial charge in [0.15, 0.2) is 5.78 Å². The van der Waals surface area contributed by atoms with Crippen molar-refractivity contribution in [2.24, 2.45) is 28.6 Å². The molecule has 0 saturated heterocycles. The summed E-state index contributed by atoms with van der Waals surface area (Å²) in [6, 6.07) is 0. The summed E-state index contributed by atoms with van der Waals surface area (Å²) in [5, 5.41) is 11.1. The van der Waals surface area contributed by atoms with E-state index in [-0.39, 0.29) is 24.0 Å². The molecule has 27 heavy (non-hydrogen) atoms. The van der Waals surface area contributed by atoms with Gasteiger partial charge in [-0.15, -0.1) is 0 Å². The van der Waals surface area contributed by atoms with E-state index in [0.29, 0.717) is 32.1 Å². The molecule has 3 fully saturated rings. The van der Waals surface area contributed by atoms with Gasteiger partial charge in [-0.25, -0.2) is 4.39 Å². The van der Waals surface area contributed by atoms with E-state index in [1.54, 1.807) is 6.92 Å². The maximum atomic E-state index is 16.9. The minimum atomic E-state index is -1.60. The highest BCUT2D eigenvalue weighted by atomic mass is 19.1. The van der Waals surface area contributed by atoms with Crippen LogP contribution in [0.2, 0.25) is 0 Å². The third-order valence-corrected chi connectivity index (χ3v) is 9.31. The van der Waals surface area contributed by atoms with Gasteiger partial charge in [-0.1, -0.05) is 26.3 Å². The predicted octanol–water partition coefficient (Wildman–Crippen LogP) is 3.36. The molecule has 4 rings (SSSR count). The van der Waals surface area contributed by atoms with Crippen molar-refractivity contribution >= 4 is 17.3 Å². The summed E-state index contributed by atoms with van der Waals surface area (Å²) in [6.45, 7) is 6.87. The number of aliphatic hydroxyl groups is 1. The summed E-state index contributed by atoms with van der Waals surface area (Å²) in [5.41, 5.74) is -3.84. The summed E-state index contributed by atoms with van der Waals surface area (Å²) in [5.74, 6) is -2.33. The second kappa shape index (κ2) is 5.37. The van der Waals surface area contributed by atoms with Crippen molar-refractivity contribution in [2.45, 2.75) is 77.5 Å². The minimum Gasteiger partial charge on any atom is -0.382 e. The lowest BCUT2D eigenvalue weighted by atomic mass is 9.43. The van der Waals surface area contributed by atoms with Gasteiger partial charge in [-0.05, 0) is 63.4 Å². The zero-order valence-electron chi connectivity index (χ0n) is 16.6. The fraction of sp³-hybridized carbons (Fsp3) is 0.773. The first-order valence-corrected chi connectivity index (χ1v) is 10.1. The molecule has 0 aromatic rings. The summed E-state index contributed by atoms with van der Waals surface area (Å²) in [7, 11) is 0. The van der Waals surface area contributed by atoms with Gasteiger partial charge in [0.25, 0.3) is 0 Å². The summed E-state index contributed by atoms with van der Waals surface area (Å²) < 4.78 is 16.9. The van der Waals surface area contributed by atoms with Crippen molar-refractivity contribution in [3.8, 4) is 0 Å². The number of hydrogen-bond acceptors (Lipinski definition) is 4. The van der Waals surface area contributed by atoms with Crippen molar-refractivity contribution < 1.29 is 23.9 Å². The van der Waals surface area contributed by atoms with E-state index in [2.05, 4.69) is 0 Å². The third kappa shape index (κ3) is 1.94. The van der Waals surface area contributed by atoms with E-state index in [4.69, 9.17) is 0 Å². The second-order valence-corrected chi connectivity index (χ2v) is 9.81. The number of halogens is 1. The van der Waals surface area contributed by atoms with Crippen LogP contribution in [0.3, 0.4) is 0 Å². The maximum absolute atomic E-state index is 16.9. The van der Waals surface area contributed by atoms with Crippen LogP contribution in [0.5, 0.6) is 0 Å². The lowest BCUT2D eigenvalue weighted by Gasteiger charge is -2.63. The Bertz CT molecular complexity index is 787. The third-order valence-electron chi connectivity index (χ3n) is 9.31. The smallest absolute Gasteiger partial charge is 0.221 e. The number of alkyl halides is 1. The predicted molar refractivity (Wildman–Crippen MR) is 97.6 cm³/mol. The van der Waals surface area contributed by atoms with Crippen molar-refractivity contribution in [1.82, 2.24) is 0 Å². The Morgan fingerprint density at radius 1 is 1.15 bits per heavy atom. The van der Waals surface area contributed by atoms with Crippen LogP contribution in [-0.2, 0) is 14.4 Å². The molecule has 0 aromatic heterocycles. The molecule has 0 heterocycles. The minimum absolute atomic E-state index is 0.0940. The van der Waals surface area contributed by atoms with E-state index in [0.717, 1.165) is 5.57 Å². The van der Waals surface area contributed by atoms with Crippen LogP contribution in [0.1, 0.15) is 66.2 Å². The molecule has 5 heteroatoms. The molecule has 0 amide bonds. The van der Waals surface area contributed by atoms with Gasteiger partial charge in [0.05, 0.1) is 0 Å². The van der Waals surface area contributed by atoms with Crippen LogP contribution in [0.15, 0.2) is 11.6 Å². The Morgan fingerprint density at radius 2 is 1.81 bits per heavy atom. The van der Waals surface area contributed by atoms with Crippen LogP contribution >= 0.6 is 0 Å². The highest BCUT2D eigenvalue weighted by molar-refractivity contribution is 6.43. The Balaban J connectivity index is 1.81. The molecule has 0 spiro atoms. The average Bonchev–Trinajstić information content (AvgIpc) is 2.89. The number of carbonyl (C=O) groups is 3. The van der Waals surface area contributed by atoms with E-state index in [1.807, 2.05) is 13.8 Å². The Kier molecular flexibility index (Phi) is 3.77. The average molecular weight is 376 g/mol. The lowest BCUT2D eigenvalue weighted by molar-refractivity contribution is -0.189. The van der Waals surface area contributed by atoms with E-state index < -0.39 is 39.6 Å². The van der Waals surface area contributed by atoms with Crippen molar-refractivity contribution in [1.29, 1.82) is 0 Å².